The van der Waals surface area contributed by atoms with E-state index in [1.807, 2.05) is 0 Å². The van der Waals surface area contributed by atoms with Gasteiger partial charge < -0.3 is 0 Å². The molecule has 2 rings (SSSR count). The molecule has 1 aromatic carbocycles. The minimum Gasteiger partial charge on any atom is -0.118 e. The van der Waals surface area contributed by atoms with Gasteiger partial charge in [-0.2, -0.15) is 0 Å². The number of halogens is 1. The van der Waals surface area contributed by atoms with Gasteiger partial charge in [-0.1, -0.05) is 42.8 Å². The van der Waals surface area contributed by atoms with E-state index in [4.69, 9.17) is 11.6 Å². The van der Waals surface area contributed by atoms with E-state index in [-0.39, 0.29) is 5.38 Å². The topological polar surface area (TPSA) is 0 Å². The van der Waals surface area contributed by atoms with Crippen LogP contribution < -0.4 is 0 Å². The number of benzene rings is 1. The molecular formula is C15H19Cl. The van der Waals surface area contributed by atoms with Gasteiger partial charge in [0.15, 0.2) is 0 Å². The molecule has 1 atom stereocenters. The maximum atomic E-state index is 6.15. The van der Waals surface area contributed by atoms with Gasteiger partial charge >= 0.3 is 0 Å². The molecule has 0 bridgehead atoms. The van der Waals surface area contributed by atoms with Crippen LogP contribution in [0, 0.1) is 0 Å². The Balaban J connectivity index is 2.03. The number of aryl methyl sites for hydroxylation is 1. The van der Waals surface area contributed by atoms with Gasteiger partial charge in [0, 0.05) is 0 Å². The van der Waals surface area contributed by atoms with Gasteiger partial charge in [0.1, 0.15) is 0 Å². The van der Waals surface area contributed by atoms with E-state index in [0.717, 1.165) is 19.3 Å². The first kappa shape index (κ1) is 11.7. The van der Waals surface area contributed by atoms with E-state index in [9.17, 15) is 0 Å². The second-order valence-corrected chi connectivity index (χ2v) is 5.14. The molecule has 0 spiro atoms. The van der Waals surface area contributed by atoms with Gasteiger partial charge in [-0.25, -0.2) is 0 Å². The Labute approximate surface area is 103 Å². The molecule has 0 saturated carbocycles. The molecule has 0 amide bonds. The minimum absolute atomic E-state index is 0.263. The predicted octanol–water partition coefficient (Wildman–Crippen LogP) is 4.51. The zero-order chi connectivity index (χ0) is 11.4. The summed E-state index contributed by atoms with van der Waals surface area (Å²) in [6.07, 6.45) is 8.05. The maximum Gasteiger partial charge on any atom is 0.0518 e. The molecule has 0 N–H and O–H groups in total. The number of allylic oxidation sites excluding steroid dienone is 2. The summed E-state index contributed by atoms with van der Waals surface area (Å²) in [5, 5.41) is 0.263. The summed E-state index contributed by atoms with van der Waals surface area (Å²) < 4.78 is 0. The second-order valence-electron chi connectivity index (χ2n) is 4.58. The summed E-state index contributed by atoms with van der Waals surface area (Å²) in [5.74, 6) is 0. The van der Waals surface area contributed by atoms with Crippen molar-refractivity contribution in [1.82, 2.24) is 0 Å². The Kier molecular flexibility index (Phi) is 4.06. The lowest BCUT2D eigenvalue weighted by molar-refractivity contribution is 0.693. The Morgan fingerprint density at radius 2 is 1.88 bits per heavy atom. The van der Waals surface area contributed by atoms with Gasteiger partial charge in [0.05, 0.1) is 5.38 Å². The first-order valence-electron chi connectivity index (χ1n) is 6.19. The van der Waals surface area contributed by atoms with Gasteiger partial charge in [-0.05, 0) is 43.2 Å². The fraction of sp³-hybridized carbons (Fsp3) is 0.467. The van der Waals surface area contributed by atoms with Crippen LogP contribution in [-0.2, 0) is 12.8 Å². The van der Waals surface area contributed by atoms with Gasteiger partial charge in [-0.15, -0.1) is 11.6 Å². The van der Waals surface area contributed by atoms with Crippen molar-refractivity contribution in [2.45, 2.75) is 44.4 Å². The SMILES string of the molecule is CCc1ccc(CC2=CC(Cl)CCC2)cc1. The zero-order valence-electron chi connectivity index (χ0n) is 9.88. The summed E-state index contributed by atoms with van der Waals surface area (Å²) in [4.78, 5) is 0. The summed E-state index contributed by atoms with van der Waals surface area (Å²) in [6, 6.07) is 8.96. The molecule has 1 unspecified atom stereocenters. The summed E-state index contributed by atoms with van der Waals surface area (Å²) in [6.45, 7) is 2.19. The third-order valence-corrected chi connectivity index (χ3v) is 3.60. The molecule has 86 valence electrons. The summed E-state index contributed by atoms with van der Waals surface area (Å²) in [7, 11) is 0. The van der Waals surface area contributed by atoms with E-state index in [0.29, 0.717) is 0 Å². The zero-order valence-corrected chi connectivity index (χ0v) is 10.6. The number of hydrogen-bond donors (Lipinski definition) is 0. The van der Waals surface area contributed by atoms with Crippen molar-refractivity contribution in [3.8, 4) is 0 Å². The molecule has 16 heavy (non-hydrogen) atoms. The molecule has 1 aromatic rings. The Morgan fingerprint density at radius 3 is 2.50 bits per heavy atom. The molecule has 0 radical (unpaired) electrons. The lowest BCUT2D eigenvalue weighted by atomic mass is 9.93. The normalized spacial score (nSPS) is 20.6. The predicted molar refractivity (Wildman–Crippen MR) is 71.1 cm³/mol. The van der Waals surface area contributed by atoms with Crippen LogP contribution in [0.25, 0.3) is 0 Å². The molecule has 0 nitrogen and oxygen atoms in total. The van der Waals surface area contributed by atoms with Crippen molar-refractivity contribution in [3.63, 3.8) is 0 Å². The second kappa shape index (κ2) is 5.54. The van der Waals surface area contributed by atoms with Crippen LogP contribution in [0.3, 0.4) is 0 Å². The molecule has 0 saturated heterocycles. The number of alkyl halides is 1. The highest BCUT2D eigenvalue weighted by Gasteiger charge is 2.11. The number of hydrogen-bond acceptors (Lipinski definition) is 0. The van der Waals surface area contributed by atoms with E-state index < -0.39 is 0 Å². The van der Waals surface area contributed by atoms with Crippen molar-refractivity contribution in [3.05, 3.63) is 47.0 Å². The molecule has 0 fully saturated rings. The largest absolute Gasteiger partial charge is 0.118 e. The highest BCUT2D eigenvalue weighted by atomic mass is 35.5. The van der Waals surface area contributed by atoms with Crippen molar-refractivity contribution in [1.29, 1.82) is 0 Å². The van der Waals surface area contributed by atoms with Crippen molar-refractivity contribution >= 4 is 11.6 Å². The van der Waals surface area contributed by atoms with E-state index in [1.165, 1.54) is 29.5 Å². The highest BCUT2D eigenvalue weighted by Crippen LogP contribution is 2.24. The lowest BCUT2D eigenvalue weighted by Gasteiger charge is -2.16. The van der Waals surface area contributed by atoms with Gasteiger partial charge in [0.25, 0.3) is 0 Å². The van der Waals surface area contributed by atoms with Crippen LogP contribution in [-0.4, -0.2) is 5.38 Å². The van der Waals surface area contributed by atoms with Gasteiger partial charge in [0.2, 0.25) is 0 Å². The fourth-order valence-electron chi connectivity index (χ4n) is 2.25. The molecule has 1 aliphatic carbocycles. The third kappa shape index (κ3) is 3.12. The molecule has 0 aromatic heterocycles. The summed E-state index contributed by atoms with van der Waals surface area (Å²) in [5.41, 5.74) is 4.33. The van der Waals surface area contributed by atoms with E-state index >= 15 is 0 Å². The smallest absolute Gasteiger partial charge is 0.0518 e. The van der Waals surface area contributed by atoms with Gasteiger partial charge in [-0.3, -0.25) is 0 Å². The first-order chi connectivity index (χ1) is 7.78. The molecule has 0 aliphatic heterocycles. The van der Waals surface area contributed by atoms with Crippen LogP contribution in [0.4, 0.5) is 0 Å². The fourth-order valence-corrected chi connectivity index (χ4v) is 2.58. The van der Waals surface area contributed by atoms with Crippen molar-refractivity contribution in [2.75, 3.05) is 0 Å². The first-order valence-corrected chi connectivity index (χ1v) is 6.63. The quantitative estimate of drug-likeness (QED) is 0.533. The van der Waals surface area contributed by atoms with E-state index in [2.05, 4.69) is 37.3 Å². The van der Waals surface area contributed by atoms with Crippen LogP contribution in [0.1, 0.15) is 37.3 Å². The van der Waals surface area contributed by atoms with Crippen molar-refractivity contribution < 1.29 is 0 Å². The lowest BCUT2D eigenvalue weighted by Crippen LogP contribution is -2.05. The average molecular weight is 235 g/mol. The highest BCUT2D eigenvalue weighted by molar-refractivity contribution is 6.21. The minimum atomic E-state index is 0.263. The molecule has 0 heterocycles. The molecule has 1 aliphatic rings. The van der Waals surface area contributed by atoms with Crippen molar-refractivity contribution in [2.24, 2.45) is 0 Å². The molecular weight excluding hydrogens is 216 g/mol. The third-order valence-electron chi connectivity index (χ3n) is 3.26. The standard InChI is InChI=1S/C15H19Cl/c1-2-12-6-8-13(9-7-12)10-14-4-3-5-15(16)11-14/h6-9,11,15H,2-5,10H2,1H3. The number of rotatable bonds is 3. The maximum absolute atomic E-state index is 6.15. The van der Waals surface area contributed by atoms with E-state index in [1.54, 1.807) is 0 Å². The molecule has 1 heteroatoms. The van der Waals surface area contributed by atoms with Crippen LogP contribution in [0.15, 0.2) is 35.9 Å². The van der Waals surface area contributed by atoms with Crippen LogP contribution in [0.2, 0.25) is 0 Å². The Hall–Kier alpha value is -0.750. The van der Waals surface area contributed by atoms with Crippen LogP contribution in [0.5, 0.6) is 0 Å². The monoisotopic (exact) mass is 234 g/mol. The summed E-state index contributed by atoms with van der Waals surface area (Å²) >= 11 is 6.15. The Morgan fingerprint density at radius 1 is 1.19 bits per heavy atom. The average Bonchev–Trinajstić information content (AvgIpc) is 2.30. The Bertz CT molecular complexity index is 362. The van der Waals surface area contributed by atoms with Crippen LogP contribution >= 0.6 is 11.6 Å².